The summed E-state index contributed by atoms with van der Waals surface area (Å²) in [6.45, 7) is 0. The number of nitrogens with zero attached hydrogens (tertiary/aromatic N) is 3. The molecule has 0 aromatic heterocycles. The normalized spacial score (nSPS) is 8.50. The molecular weight excluding hydrogens is 150 g/mol. The maximum Gasteiger partial charge on any atom is 0.133 e. The van der Waals surface area contributed by atoms with Gasteiger partial charge in [0.05, 0.1) is 18.2 Å². The van der Waals surface area contributed by atoms with Crippen LogP contribution in [0.2, 0.25) is 0 Å². The van der Waals surface area contributed by atoms with Gasteiger partial charge in [0.1, 0.15) is 5.92 Å². The average molecular weight is 161 g/mol. The van der Waals surface area contributed by atoms with Crippen LogP contribution in [-0.2, 0) is 0 Å². The molecule has 0 aliphatic carbocycles. The number of rotatable bonds is 5. The van der Waals surface area contributed by atoms with Crippen LogP contribution in [0.5, 0.6) is 0 Å². The molecule has 0 N–H and O–H groups in total. The monoisotopic (exact) mass is 161 g/mol. The molecule has 0 fully saturated rings. The van der Waals surface area contributed by atoms with Crippen LogP contribution in [0.3, 0.4) is 0 Å². The Balaban J connectivity index is 3.28. The highest BCUT2D eigenvalue weighted by atomic mass is 14.3. The molecule has 3 heteroatoms. The van der Waals surface area contributed by atoms with Crippen LogP contribution in [0.15, 0.2) is 0 Å². The van der Waals surface area contributed by atoms with Gasteiger partial charge in [0.25, 0.3) is 0 Å². The van der Waals surface area contributed by atoms with Gasteiger partial charge < -0.3 is 0 Å². The predicted octanol–water partition coefficient (Wildman–Crippen LogP) is 2.12. The molecule has 0 atom stereocenters. The number of hydrogen-bond acceptors (Lipinski definition) is 3. The van der Waals surface area contributed by atoms with Gasteiger partial charge in [-0.1, -0.05) is 12.8 Å². The van der Waals surface area contributed by atoms with E-state index in [1.165, 1.54) is 0 Å². The molecule has 0 bridgehead atoms. The van der Waals surface area contributed by atoms with Crippen LogP contribution in [0.25, 0.3) is 0 Å². The minimum absolute atomic E-state index is 0.466. The lowest BCUT2D eigenvalue weighted by Crippen LogP contribution is -1.91. The quantitative estimate of drug-likeness (QED) is 0.580. The van der Waals surface area contributed by atoms with Crippen LogP contribution < -0.4 is 0 Å². The molecule has 0 unspecified atom stereocenters. The van der Waals surface area contributed by atoms with Gasteiger partial charge in [-0.3, -0.25) is 0 Å². The number of unbranched alkanes of at least 4 members (excludes halogenated alkanes) is 3. The summed E-state index contributed by atoms with van der Waals surface area (Å²) >= 11 is 0. The highest BCUT2D eigenvalue weighted by molar-refractivity contribution is 4.98. The van der Waals surface area contributed by atoms with E-state index in [-0.39, 0.29) is 0 Å². The van der Waals surface area contributed by atoms with Gasteiger partial charge in [-0.15, -0.1) is 0 Å². The molecule has 0 aromatic carbocycles. The van der Waals surface area contributed by atoms with Gasteiger partial charge in [0.15, 0.2) is 0 Å². The summed E-state index contributed by atoms with van der Waals surface area (Å²) in [5.41, 5.74) is 0. The van der Waals surface area contributed by atoms with Gasteiger partial charge in [-0.25, -0.2) is 0 Å². The molecule has 0 aromatic rings. The summed E-state index contributed by atoms with van der Waals surface area (Å²) < 4.78 is 0. The van der Waals surface area contributed by atoms with Crippen molar-refractivity contribution in [2.24, 2.45) is 5.92 Å². The minimum atomic E-state index is -0.466. The second-order valence-electron chi connectivity index (χ2n) is 2.57. The number of hydrogen-bond donors (Lipinski definition) is 0. The van der Waals surface area contributed by atoms with Gasteiger partial charge in [0, 0.05) is 6.42 Å². The fourth-order valence-electron chi connectivity index (χ4n) is 0.887. The van der Waals surface area contributed by atoms with Crippen LogP contribution in [0, 0.1) is 39.9 Å². The Morgan fingerprint density at radius 2 is 1.58 bits per heavy atom. The maximum absolute atomic E-state index is 8.40. The second kappa shape index (κ2) is 7.58. The van der Waals surface area contributed by atoms with E-state index in [1.807, 2.05) is 12.1 Å². The molecule has 0 rings (SSSR count). The number of nitriles is 3. The Bertz CT molecular complexity index is 212. The Morgan fingerprint density at radius 1 is 0.917 bits per heavy atom. The van der Waals surface area contributed by atoms with E-state index in [1.54, 1.807) is 0 Å². The zero-order valence-electron chi connectivity index (χ0n) is 6.95. The van der Waals surface area contributed by atoms with Crippen molar-refractivity contribution in [1.29, 1.82) is 15.8 Å². The predicted molar refractivity (Wildman–Crippen MR) is 43.4 cm³/mol. The lowest BCUT2D eigenvalue weighted by atomic mass is 10.0. The van der Waals surface area contributed by atoms with Crippen LogP contribution in [-0.4, -0.2) is 0 Å². The molecular formula is C9H11N3. The molecule has 0 aliphatic heterocycles. The van der Waals surface area contributed by atoms with Crippen molar-refractivity contribution in [1.82, 2.24) is 0 Å². The van der Waals surface area contributed by atoms with Gasteiger partial charge in [0.2, 0.25) is 0 Å². The maximum atomic E-state index is 8.40. The summed E-state index contributed by atoms with van der Waals surface area (Å²) in [7, 11) is 0. The zero-order chi connectivity index (χ0) is 9.23. The Hall–Kier alpha value is -1.53. The van der Waals surface area contributed by atoms with E-state index in [4.69, 9.17) is 15.8 Å². The van der Waals surface area contributed by atoms with Crippen molar-refractivity contribution < 1.29 is 0 Å². The first-order valence-electron chi connectivity index (χ1n) is 4.01. The Labute approximate surface area is 72.8 Å². The zero-order valence-corrected chi connectivity index (χ0v) is 6.95. The Morgan fingerprint density at radius 3 is 2.08 bits per heavy atom. The first-order valence-corrected chi connectivity index (χ1v) is 4.01. The smallest absolute Gasteiger partial charge is 0.133 e. The van der Waals surface area contributed by atoms with Crippen LogP contribution in [0.1, 0.15) is 32.1 Å². The molecule has 0 amide bonds. The van der Waals surface area contributed by atoms with Crippen molar-refractivity contribution >= 4 is 0 Å². The third-order valence-electron chi connectivity index (χ3n) is 1.59. The van der Waals surface area contributed by atoms with Crippen molar-refractivity contribution in [3.8, 4) is 18.2 Å². The third kappa shape index (κ3) is 5.27. The SMILES string of the molecule is N#CCCCCCC(C#N)C#N. The van der Waals surface area contributed by atoms with Gasteiger partial charge >= 0.3 is 0 Å². The molecule has 12 heavy (non-hydrogen) atoms. The fourth-order valence-corrected chi connectivity index (χ4v) is 0.887. The van der Waals surface area contributed by atoms with Crippen molar-refractivity contribution in [2.45, 2.75) is 32.1 Å². The minimum Gasteiger partial charge on any atom is -0.198 e. The van der Waals surface area contributed by atoms with Crippen molar-refractivity contribution in [3.05, 3.63) is 0 Å². The van der Waals surface area contributed by atoms with Gasteiger partial charge in [-0.05, 0) is 12.8 Å². The van der Waals surface area contributed by atoms with E-state index in [9.17, 15) is 0 Å². The van der Waals surface area contributed by atoms with Gasteiger partial charge in [-0.2, -0.15) is 15.8 Å². The van der Waals surface area contributed by atoms with Crippen LogP contribution >= 0.6 is 0 Å². The molecule has 0 saturated carbocycles. The molecule has 0 aliphatic rings. The topological polar surface area (TPSA) is 71.4 Å². The average Bonchev–Trinajstić information content (AvgIpc) is 2.11. The second-order valence-corrected chi connectivity index (χ2v) is 2.57. The standard InChI is InChI=1S/C9H11N3/c10-6-4-2-1-3-5-9(7-11)8-12/h9H,1-5H2. The van der Waals surface area contributed by atoms with Crippen LogP contribution in [0.4, 0.5) is 0 Å². The lowest BCUT2D eigenvalue weighted by Gasteiger charge is -1.97. The molecule has 0 radical (unpaired) electrons. The first-order chi connectivity index (χ1) is 5.85. The summed E-state index contributed by atoms with van der Waals surface area (Å²) in [5.74, 6) is -0.466. The van der Waals surface area contributed by atoms with E-state index in [0.29, 0.717) is 12.8 Å². The lowest BCUT2D eigenvalue weighted by molar-refractivity contribution is 0.612. The molecule has 62 valence electrons. The molecule has 3 nitrogen and oxygen atoms in total. The molecule has 0 heterocycles. The summed E-state index contributed by atoms with van der Waals surface area (Å²) in [6.07, 6.45) is 3.89. The third-order valence-corrected chi connectivity index (χ3v) is 1.59. The summed E-state index contributed by atoms with van der Waals surface area (Å²) in [6, 6.07) is 5.89. The van der Waals surface area contributed by atoms with E-state index < -0.39 is 5.92 Å². The Kier molecular flexibility index (Phi) is 6.61. The first kappa shape index (κ1) is 10.5. The summed E-state index contributed by atoms with van der Waals surface area (Å²) in [5, 5.41) is 25.0. The highest BCUT2D eigenvalue weighted by Gasteiger charge is 2.03. The molecule has 0 spiro atoms. The van der Waals surface area contributed by atoms with Crippen molar-refractivity contribution in [2.75, 3.05) is 0 Å². The fraction of sp³-hybridized carbons (Fsp3) is 0.667. The highest BCUT2D eigenvalue weighted by Crippen LogP contribution is 2.08. The van der Waals surface area contributed by atoms with E-state index >= 15 is 0 Å². The van der Waals surface area contributed by atoms with E-state index in [2.05, 4.69) is 6.07 Å². The van der Waals surface area contributed by atoms with E-state index in [0.717, 1.165) is 19.3 Å². The van der Waals surface area contributed by atoms with Crippen molar-refractivity contribution in [3.63, 3.8) is 0 Å². The summed E-state index contributed by atoms with van der Waals surface area (Å²) in [4.78, 5) is 0. The largest absolute Gasteiger partial charge is 0.198 e. The molecule has 0 saturated heterocycles.